The first-order valence-electron chi connectivity index (χ1n) is 11.6. The maximum absolute atomic E-state index is 13.5. The van der Waals surface area contributed by atoms with Gasteiger partial charge >= 0.3 is 0 Å². The third-order valence-corrected chi connectivity index (χ3v) is 6.70. The average Bonchev–Trinajstić information content (AvgIpc) is 2.84. The average molecular weight is 505 g/mol. The molecule has 0 aliphatic carbocycles. The van der Waals surface area contributed by atoms with Gasteiger partial charge in [-0.05, 0) is 67.8 Å². The van der Waals surface area contributed by atoms with Crippen molar-refractivity contribution in [3.63, 3.8) is 0 Å². The van der Waals surface area contributed by atoms with Gasteiger partial charge in [0.25, 0.3) is 5.91 Å². The van der Waals surface area contributed by atoms with Gasteiger partial charge in [0.05, 0.1) is 6.04 Å². The number of unbranched alkanes of at least 4 members (excludes halogenated alkanes) is 1. The molecule has 0 bridgehead atoms. The molecule has 0 radical (unpaired) electrons. The largest absolute Gasteiger partial charge is 0.305 e. The number of nitrogens with zero attached hydrogens (tertiary/aromatic N) is 2. The van der Waals surface area contributed by atoms with E-state index in [1.54, 1.807) is 0 Å². The van der Waals surface area contributed by atoms with E-state index in [9.17, 15) is 9.59 Å². The van der Waals surface area contributed by atoms with Crippen LogP contribution >= 0.6 is 15.9 Å². The van der Waals surface area contributed by atoms with Gasteiger partial charge in [-0.15, -0.1) is 0 Å². The molecule has 3 aromatic carbocycles. The van der Waals surface area contributed by atoms with E-state index in [1.807, 2.05) is 82.6 Å². The summed E-state index contributed by atoms with van der Waals surface area (Å²) in [6.07, 6.45) is 2.99. The predicted molar refractivity (Wildman–Crippen MR) is 138 cm³/mol. The highest BCUT2D eigenvalue weighted by molar-refractivity contribution is 9.10. The summed E-state index contributed by atoms with van der Waals surface area (Å²) in [5.74, 6) is 0.0997. The van der Waals surface area contributed by atoms with Crippen molar-refractivity contribution < 1.29 is 9.59 Å². The lowest BCUT2D eigenvalue weighted by Crippen LogP contribution is -2.47. The molecule has 5 heteroatoms. The third kappa shape index (κ3) is 4.88. The molecule has 0 saturated carbocycles. The number of anilines is 2. The van der Waals surface area contributed by atoms with Crippen molar-refractivity contribution in [2.45, 2.75) is 51.6 Å². The fourth-order valence-electron chi connectivity index (χ4n) is 4.61. The summed E-state index contributed by atoms with van der Waals surface area (Å²) in [4.78, 5) is 30.8. The summed E-state index contributed by atoms with van der Waals surface area (Å²) in [7, 11) is 0. The van der Waals surface area contributed by atoms with Crippen LogP contribution in [0, 0.1) is 0 Å². The second-order valence-electron chi connectivity index (χ2n) is 8.55. The second-order valence-corrected chi connectivity index (χ2v) is 9.46. The number of benzene rings is 3. The maximum Gasteiger partial charge on any atom is 0.258 e. The van der Waals surface area contributed by atoms with E-state index in [0.29, 0.717) is 18.4 Å². The van der Waals surface area contributed by atoms with E-state index < -0.39 is 0 Å². The monoisotopic (exact) mass is 504 g/mol. The highest BCUT2D eigenvalue weighted by atomic mass is 79.9. The van der Waals surface area contributed by atoms with Crippen LogP contribution in [0.3, 0.4) is 0 Å². The van der Waals surface area contributed by atoms with E-state index in [1.165, 1.54) is 0 Å². The first-order chi connectivity index (χ1) is 16.0. The maximum atomic E-state index is 13.5. The van der Waals surface area contributed by atoms with E-state index in [0.717, 1.165) is 34.3 Å². The highest BCUT2D eigenvalue weighted by Crippen LogP contribution is 2.44. The van der Waals surface area contributed by atoms with E-state index in [-0.39, 0.29) is 23.9 Å². The van der Waals surface area contributed by atoms with Gasteiger partial charge in [-0.1, -0.05) is 65.7 Å². The number of para-hydroxylation sites is 1. The Hall–Kier alpha value is -2.92. The Morgan fingerprint density at radius 2 is 1.67 bits per heavy atom. The molecule has 2 atom stereocenters. The van der Waals surface area contributed by atoms with Gasteiger partial charge < -0.3 is 9.80 Å². The second kappa shape index (κ2) is 10.3. The quantitative estimate of drug-likeness (QED) is 0.357. The van der Waals surface area contributed by atoms with Gasteiger partial charge in [-0.3, -0.25) is 9.59 Å². The van der Waals surface area contributed by atoms with E-state index in [4.69, 9.17) is 0 Å². The fraction of sp³-hybridized carbons (Fsp3) is 0.286. The number of hydrogen-bond donors (Lipinski definition) is 0. The van der Waals surface area contributed by atoms with Crippen LogP contribution in [0.2, 0.25) is 0 Å². The van der Waals surface area contributed by atoms with Crippen molar-refractivity contribution in [3.05, 3.63) is 94.5 Å². The van der Waals surface area contributed by atoms with Crippen molar-refractivity contribution in [2.75, 3.05) is 9.80 Å². The summed E-state index contributed by atoms with van der Waals surface area (Å²) >= 11 is 3.61. The normalized spacial score (nSPS) is 17.4. The highest BCUT2D eigenvalue weighted by Gasteiger charge is 2.38. The van der Waals surface area contributed by atoms with Gasteiger partial charge in [0.15, 0.2) is 0 Å². The van der Waals surface area contributed by atoms with Crippen LogP contribution in [0.25, 0.3) is 0 Å². The molecular weight excluding hydrogens is 476 g/mol. The van der Waals surface area contributed by atoms with Crippen molar-refractivity contribution in [3.8, 4) is 0 Å². The Labute approximate surface area is 204 Å². The zero-order chi connectivity index (χ0) is 23.4. The lowest BCUT2D eigenvalue weighted by molar-refractivity contribution is -0.119. The van der Waals surface area contributed by atoms with Crippen LogP contribution < -0.4 is 9.80 Å². The minimum Gasteiger partial charge on any atom is -0.305 e. The Morgan fingerprint density at radius 3 is 2.33 bits per heavy atom. The van der Waals surface area contributed by atoms with Crippen LogP contribution in [-0.4, -0.2) is 17.9 Å². The first kappa shape index (κ1) is 23.2. The molecule has 1 aliphatic heterocycles. The Morgan fingerprint density at radius 1 is 1.00 bits per heavy atom. The Kier molecular flexibility index (Phi) is 7.29. The molecule has 1 aliphatic rings. The van der Waals surface area contributed by atoms with Crippen molar-refractivity contribution >= 4 is 39.1 Å². The predicted octanol–water partition coefficient (Wildman–Crippen LogP) is 7.15. The molecule has 0 unspecified atom stereocenters. The standard InChI is InChI=1S/C28H29BrN2O2/c1-3-4-15-27(32)31(23-13-9-6-10-14-23)26-18-20(2)30(25-17-16-22(29)19-24(25)26)28(33)21-11-7-5-8-12-21/h5-14,16-17,19-20,26H,3-4,15,18H2,1-2H3/t20-,26+/m0/s1. The SMILES string of the molecule is CCCCC(=O)N(c1ccccc1)[C@@H]1C[C@H](C)N(C(=O)c2ccccc2)c2ccc(Br)cc21. The summed E-state index contributed by atoms with van der Waals surface area (Å²) in [5.41, 5.74) is 3.40. The van der Waals surface area contributed by atoms with Crippen LogP contribution in [0.15, 0.2) is 83.3 Å². The first-order valence-corrected chi connectivity index (χ1v) is 12.4. The van der Waals surface area contributed by atoms with Gasteiger partial charge in [0.1, 0.15) is 0 Å². The molecule has 4 nitrogen and oxygen atoms in total. The number of rotatable bonds is 6. The molecule has 2 amide bonds. The topological polar surface area (TPSA) is 40.6 Å². The van der Waals surface area contributed by atoms with Crippen LogP contribution in [0.5, 0.6) is 0 Å². The third-order valence-electron chi connectivity index (χ3n) is 6.21. The zero-order valence-electron chi connectivity index (χ0n) is 19.1. The van der Waals surface area contributed by atoms with E-state index in [2.05, 4.69) is 35.8 Å². The minimum atomic E-state index is -0.154. The minimum absolute atomic E-state index is 0.0197. The molecule has 33 heavy (non-hydrogen) atoms. The molecular formula is C28H29BrN2O2. The number of fused-ring (bicyclic) bond motifs is 1. The molecule has 4 rings (SSSR count). The summed E-state index contributed by atoms with van der Waals surface area (Å²) in [6.45, 7) is 4.17. The van der Waals surface area contributed by atoms with Gasteiger partial charge in [-0.25, -0.2) is 0 Å². The van der Waals surface area contributed by atoms with Crippen LogP contribution in [0.4, 0.5) is 11.4 Å². The lowest BCUT2D eigenvalue weighted by atomic mass is 9.89. The smallest absolute Gasteiger partial charge is 0.258 e. The van der Waals surface area contributed by atoms with Crippen molar-refractivity contribution in [2.24, 2.45) is 0 Å². The lowest BCUT2D eigenvalue weighted by Gasteiger charge is -2.43. The number of halogens is 1. The molecule has 0 spiro atoms. The zero-order valence-corrected chi connectivity index (χ0v) is 20.7. The number of amides is 2. The molecule has 0 N–H and O–H groups in total. The number of carbonyl (C=O) groups is 2. The van der Waals surface area contributed by atoms with Gasteiger partial charge in [0.2, 0.25) is 5.91 Å². The molecule has 0 aromatic heterocycles. The molecule has 3 aromatic rings. The molecule has 0 fully saturated rings. The van der Waals surface area contributed by atoms with Gasteiger partial charge in [-0.2, -0.15) is 0 Å². The van der Waals surface area contributed by atoms with Crippen molar-refractivity contribution in [1.29, 1.82) is 0 Å². The molecule has 170 valence electrons. The fourth-order valence-corrected chi connectivity index (χ4v) is 4.99. The summed E-state index contributed by atoms with van der Waals surface area (Å²) < 4.78 is 0.932. The molecule has 1 heterocycles. The van der Waals surface area contributed by atoms with Crippen LogP contribution in [-0.2, 0) is 4.79 Å². The summed E-state index contributed by atoms with van der Waals surface area (Å²) in [6, 6.07) is 25.1. The van der Waals surface area contributed by atoms with E-state index >= 15 is 0 Å². The Balaban J connectivity index is 1.80. The van der Waals surface area contributed by atoms with Gasteiger partial charge in [0, 0.05) is 33.9 Å². The molecule has 0 saturated heterocycles. The number of carbonyl (C=O) groups excluding carboxylic acids is 2. The summed E-state index contributed by atoms with van der Waals surface area (Å²) in [5, 5.41) is 0. The number of hydrogen-bond acceptors (Lipinski definition) is 2. The van der Waals surface area contributed by atoms with Crippen LogP contribution in [0.1, 0.15) is 61.5 Å². The Bertz CT molecular complexity index is 1120. The van der Waals surface area contributed by atoms with Crippen molar-refractivity contribution in [1.82, 2.24) is 0 Å².